The summed E-state index contributed by atoms with van der Waals surface area (Å²) in [6.07, 6.45) is 10.1. The minimum absolute atomic E-state index is 0.240. The number of carboxylic acid groups (broad SMARTS) is 1. The van der Waals surface area contributed by atoms with Crippen LogP contribution in [0.3, 0.4) is 0 Å². The van der Waals surface area contributed by atoms with Gasteiger partial charge in [-0.05, 0) is 43.1 Å². The molecule has 1 atom stereocenters. The number of aliphatic carboxylic acids is 1. The minimum Gasteiger partial charge on any atom is -0.498 e. The van der Waals surface area contributed by atoms with Gasteiger partial charge in [0.2, 0.25) is 0 Å². The monoisotopic (exact) mass is 395 g/mol. The van der Waals surface area contributed by atoms with Crippen molar-refractivity contribution in [3.05, 3.63) is 34.6 Å². The van der Waals surface area contributed by atoms with Crippen molar-refractivity contribution >= 4 is 5.97 Å². The third-order valence-electron chi connectivity index (χ3n) is 4.57. The van der Waals surface area contributed by atoms with Gasteiger partial charge in [0.15, 0.2) is 0 Å². The third-order valence-corrected chi connectivity index (χ3v) is 4.57. The maximum Gasteiger partial charge on any atom is 0.306 e. The first-order valence-corrected chi connectivity index (χ1v) is 10.7. The van der Waals surface area contributed by atoms with Crippen LogP contribution in [-0.4, -0.2) is 42.0 Å². The summed E-state index contributed by atoms with van der Waals surface area (Å²) in [5.74, 6) is 0.0120. The van der Waals surface area contributed by atoms with Crippen molar-refractivity contribution in [1.82, 2.24) is 5.32 Å². The highest BCUT2D eigenvalue weighted by Gasteiger charge is 2.12. The fourth-order valence-corrected chi connectivity index (χ4v) is 3.00. The number of carboxylic acids is 1. The van der Waals surface area contributed by atoms with E-state index in [0.717, 1.165) is 30.8 Å². The Hall–Kier alpha value is -1.59. The largest absolute Gasteiger partial charge is 0.498 e. The first-order chi connectivity index (χ1) is 13.4. The summed E-state index contributed by atoms with van der Waals surface area (Å²) in [6.45, 7) is 12.0. The number of hydrogen-bond acceptors (Lipinski definition) is 4. The van der Waals surface area contributed by atoms with Crippen molar-refractivity contribution in [2.75, 3.05) is 19.7 Å². The molecule has 0 fully saturated rings. The van der Waals surface area contributed by atoms with Gasteiger partial charge < -0.3 is 20.3 Å². The number of unbranched alkanes of at least 4 members (excludes halogenated alkanes) is 4. The molecule has 0 saturated heterocycles. The Labute approximate surface area is 171 Å². The quantitative estimate of drug-likeness (QED) is 0.384. The third kappa shape index (κ3) is 12.0. The molecule has 1 unspecified atom stereocenters. The molecule has 0 aromatic heterocycles. The van der Waals surface area contributed by atoms with Crippen LogP contribution in [0.2, 0.25) is 0 Å². The van der Waals surface area contributed by atoms with Crippen LogP contribution in [0, 0.1) is 0 Å². The molecular formula is C23H41NO4. The van der Waals surface area contributed by atoms with Crippen LogP contribution in [0.1, 0.15) is 79.6 Å². The zero-order chi connectivity index (χ0) is 21.4. The van der Waals surface area contributed by atoms with Crippen molar-refractivity contribution in [2.45, 2.75) is 85.7 Å². The van der Waals surface area contributed by atoms with Gasteiger partial charge in [0, 0.05) is 19.5 Å². The van der Waals surface area contributed by atoms with Crippen LogP contribution in [0.25, 0.3) is 0 Å². The van der Waals surface area contributed by atoms with Gasteiger partial charge in [-0.2, -0.15) is 0 Å². The molecule has 5 heteroatoms. The van der Waals surface area contributed by atoms with E-state index in [1.807, 2.05) is 13.8 Å². The van der Waals surface area contributed by atoms with E-state index < -0.39 is 12.1 Å². The Morgan fingerprint density at radius 1 is 1.21 bits per heavy atom. The van der Waals surface area contributed by atoms with Gasteiger partial charge in [0.1, 0.15) is 0 Å². The summed E-state index contributed by atoms with van der Waals surface area (Å²) >= 11 is 0. The zero-order valence-corrected chi connectivity index (χ0v) is 18.5. The van der Waals surface area contributed by atoms with E-state index in [9.17, 15) is 9.90 Å². The molecule has 3 N–H and O–H groups in total. The summed E-state index contributed by atoms with van der Waals surface area (Å²) in [5.41, 5.74) is 3.52. The molecule has 5 nitrogen and oxygen atoms in total. The Morgan fingerprint density at radius 2 is 1.89 bits per heavy atom. The summed E-state index contributed by atoms with van der Waals surface area (Å²) in [4.78, 5) is 10.6. The van der Waals surface area contributed by atoms with E-state index in [0.29, 0.717) is 6.54 Å². The molecule has 0 saturated carbocycles. The Balaban J connectivity index is 0.00000352. The van der Waals surface area contributed by atoms with Gasteiger partial charge in [0.25, 0.3) is 0 Å². The smallest absolute Gasteiger partial charge is 0.306 e. The van der Waals surface area contributed by atoms with E-state index in [-0.39, 0.29) is 13.0 Å². The summed E-state index contributed by atoms with van der Waals surface area (Å²) < 4.78 is 5.95. The van der Waals surface area contributed by atoms with Gasteiger partial charge in [-0.1, -0.05) is 52.5 Å². The topological polar surface area (TPSA) is 78.8 Å². The van der Waals surface area contributed by atoms with E-state index in [2.05, 4.69) is 38.2 Å². The molecule has 1 rings (SSSR count). The lowest BCUT2D eigenvalue weighted by Gasteiger charge is -2.14. The number of aliphatic hydroxyl groups excluding tert-OH is 1. The first kappa shape index (κ1) is 26.4. The number of allylic oxidation sites excluding steroid dienone is 3. The molecule has 0 amide bonds. The predicted molar refractivity (Wildman–Crippen MR) is 116 cm³/mol. The van der Waals surface area contributed by atoms with E-state index in [4.69, 9.17) is 9.84 Å². The van der Waals surface area contributed by atoms with Gasteiger partial charge in [-0.3, -0.25) is 4.79 Å². The molecule has 1 aliphatic carbocycles. The van der Waals surface area contributed by atoms with Crippen molar-refractivity contribution in [3.8, 4) is 0 Å². The highest BCUT2D eigenvalue weighted by Crippen LogP contribution is 2.23. The Bertz CT molecular complexity index is 535. The van der Waals surface area contributed by atoms with Gasteiger partial charge in [-0.25, -0.2) is 0 Å². The highest BCUT2D eigenvalue weighted by molar-refractivity contribution is 5.67. The van der Waals surface area contributed by atoms with Gasteiger partial charge in [-0.15, -0.1) is 0 Å². The summed E-state index contributed by atoms with van der Waals surface area (Å²) in [5, 5.41) is 21.5. The van der Waals surface area contributed by atoms with Crippen molar-refractivity contribution in [1.29, 1.82) is 0 Å². The van der Waals surface area contributed by atoms with Crippen LogP contribution in [0.5, 0.6) is 0 Å². The number of hydrogen-bond donors (Lipinski definition) is 3. The maximum atomic E-state index is 10.6. The van der Waals surface area contributed by atoms with Crippen molar-refractivity contribution in [2.24, 2.45) is 0 Å². The molecule has 0 spiro atoms. The number of ether oxygens (including phenoxy) is 1. The van der Waals surface area contributed by atoms with E-state index in [1.54, 1.807) is 0 Å². The average Bonchev–Trinajstić information content (AvgIpc) is 2.78. The Morgan fingerprint density at radius 3 is 2.54 bits per heavy atom. The lowest BCUT2D eigenvalue weighted by atomic mass is 10.0. The zero-order valence-electron chi connectivity index (χ0n) is 18.5. The molecule has 0 aromatic carbocycles. The van der Waals surface area contributed by atoms with Crippen molar-refractivity contribution < 1.29 is 19.7 Å². The fraction of sp³-hybridized carbons (Fsp3) is 0.696. The van der Waals surface area contributed by atoms with Crippen LogP contribution in [0.15, 0.2) is 34.6 Å². The van der Waals surface area contributed by atoms with Crippen LogP contribution in [-0.2, 0) is 9.53 Å². The van der Waals surface area contributed by atoms with Crippen LogP contribution < -0.4 is 5.32 Å². The second-order valence-electron chi connectivity index (χ2n) is 7.01. The minimum atomic E-state index is -0.986. The van der Waals surface area contributed by atoms with E-state index in [1.165, 1.54) is 36.8 Å². The lowest BCUT2D eigenvalue weighted by Crippen LogP contribution is -2.30. The number of carbonyl (C=O) groups is 1. The molecule has 1 aliphatic rings. The lowest BCUT2D eigenvalue weighted by molar-refractivity contribution is -0.139. The number of rotatable bonds is 13. The van der Waals surface area contributed by atoms with Crippen LogP contribution in [0.4, 0.5) is 0 Å². The van der Waals surface area contributed by atoms with E-state index >= 15 is 0 Å². The predicted octanol–water partition coefficient (Wildman–Crippen LogP) is 4.98. The van der Waals surface area contributed by atoms with Gasteiger partial charge in [0.05, 0.1) is 24.9 Å². The Kier molecular flexibility index (Phi) is 15.4. The summed E-state index contributed by atoms with van der Waals surface area (Å²) in [6, 6.07) is 0. The molecule has 162 valence electrons. The molecule has 0 radical (unpaired) electrons. The fourth-order valence-electron chi connectivity index (χ4n) is 3.00. The molecule has 0 heterocycles. The highest BCUT2D eigenvalue weighted by atomic mass is 16.5. The molecule has 0 aromatic rings. The van der Waals surface area contributed by atoms with Crippen molar-refractivity contribution in [3.63, 3.8) is 0 Å². The number of aliphatic hydroxyl groups is 1. The summed E-state index contributed by atoms with van der Waals surface area (Å²) in [7, 11) is 0. The van der Waals surface area contributed by atoms with Crippen LogP contribution >= 0.6 is 0 Å². The molecule has 0 bridgehead atoms. The standard InChI is InChI=1S/C21H35NO4.C2H6/c1-4-5-6-7-8-11-26-19-10-9-16(2)20(17(3)12-19)15-22-14-18(23)13-21(24)25;1-2/h9,12,18,22-23H,4-8,10-11,13-15H2,1-3H3,(H,24,25);1-2H3. The number of nitrogens with one attached hydrogen (secondary N) is 1. The molecular weight excluding hydrogens is 354 g/mol. The molecule has 0 aliphatic heterocycles. The normalized spacial score (nSPS) is 15.1. The second kappa shape index (κ2) is 16.4. The first-order valence-electron chi connectivity index (χ1n) is 10.7. The SMILES string of the molecule is CC.CCCCCCCOC1=CC(C)=C(CNCC(O)CC(=O)O)C(C)=CC1. The second-order valence-corrected chi connectivity index (χ2v) is 7.01. The van der Waals surface area contributed by atoms with Gasteiger partial charge >= 0.3 is 5.97 Å². The average molecular weight is 396 g/mol. The molecule has 28 heavy (non-hydrogen) atoms. The maximum absolute atomic E-state index is 10.6.